The number of piperidine rings is 1. The number of halogens is 6. The zero-order valence-corrected chi connectivity index (χ0v) is 17.1. The number of rotatable bonds is 4. The lowest BCUT2D eigenvalue weighted by atomic mass is 9.97. The van der Waals surface area contributed by atoms with Crippen LogP contribution in [0.1, 0.15) is 44.7 Å². The van der Waals surface area contributed by atoms with Crippen LogP contribution in [-0.2, 0) is 12.4 Å². The van der Waals surface area contributed by atoms with Gasteiger partial charge in [0.1, 0.15) is 0 Å². The van der Waals surface area contributed by atoms with Crippen molar-refractivity contribution in [2.75, 3.05) is 25.0 Å². The number of likely N-dealkylation sites (tertiary alicyclic amines) is 1. The summed E-state index contributed by atoms with van der Waals surface area (Å²) in [6.07, 6.45) is -8.89. The van der Waals surface area contributed by atoms with Crippen LogP contribution in [0.15, 0.2) is 42.5 Å². The Labute approximate surface area is 185 Å². The molecule has 178 valence electrons. The van der Waals surface area contributed by atoms with Crippen molar-refractivity contribution in [3.05, 3.63) is 64.7 Å². The van der Waals surface area contributed by atoms with E-state index in [0.29, 0.717) is 38.1 Å². The van der Waals surface area contributed by atoms with E-state index in [1.807, 2.05) is 0 Å². The third kappa shape index (κ3) is 6.04. The smallest absolute Gasteiger partial charge is 0.396 e. The highest BCUT2D eigenvalue weighted by atomic mass is 19.4. The van der Waals surface area contributed by atoms with Gasteiger partial charge >= 0.3 is 12.4 Å². The fraction of sp³-hybridized carbons (Fsp3) is 0.364. The van der Waals surface area contributed by atoms with Crippen LogP contribution in [0.25, 0.3) is 0 Å². The third-order valence-corrected chi connectivity index (χ3v) is 5.38. The van der Waals surface area contributed by atoms with Crippen molar-refractivity contribution in [3.8, 4) is 0 Å². The van der Waals surface area contributed by atoms with Crippen LogP contribution in [0, 0.1) is 5.92 Å². The Hall–Kier alpha value is -3.08. The Morgan fingerprint density at radius 2 is 1.48 bits per heavy atom. The van der Waals surface area contributed by atoms with Gasteiger partial charge in [-0.1, -0.05) is 6.07 Å². The second-order valence-electron chi connectivity index (χ2n) is 7.75. The highest BCUT2D eigenvalue weighted by molar-refractivity contribution is 6.05. The predicted molar refractivity (Wildman–Crippen MR) is 107 cm³/mol. The summed E-state index contributed by atoms with van der Waals surface area (Å²) in [6, 6.07) is 6.21. The molecule has 33 heavy (non-hydrogen) atoms. The van der Waals surface area contributed by atoms with E-state index in [4.69, 9.17) is 0 Å². The molecule has 1 heterocycles. The monoisotopic (exact) mass is 474 g/mol. The lowest BCUT2D eigenvalue weighted by molar-refractivity contribution is -0.143. The summed E-state index contributed by atoms with van der Waals surface area (Å²) < 4.78 is 78.2. The molecule has 1 aliphatic rings. The van der Waals surface area contributed by atoms with Crippen LogP contribution in [0.5, 0.6) is 0 Å². The lowest BCUT2D eigenvalue weighted by Gasteiger charge is -2.31. The Morgan fingerprint density at radius 3 is 2.00 bits per heavy atom. The van der Waals surface area contributed by atoms with Crippen molar-refractivity contribution in [2.24, 2.45) is 5.92 Å². The fourth-order valence-corrected chi connectivity index (χ4v) is 3.52. The Bertz CT molecular complexity index is 995. The first kappa shape index (κ1) is 24.6. The summed E-state index contributed by atoms with van der Waals surface area (Å²) in [6.45, 7) is 0.908. The summed E-state index contributed by atoms with van der Waals surface area (Å²) in [5, 5.41) is 11.5. The second kappa shape index (κ2) is 9.42. The molecule has 2 N–H and O–H groups in total. The van der Waals surface area contributed by atoms with Crippen molar-refractivity contribution < 1.29 is 41.0 Å². The molecular formula is C22H20F6N2O3. The zero-order chi connectivity index (χ0) is 24.4. The van der Waals surface area contributed by atoms with Crippen molar-refractivity contribution in [3.63, 3.8) is 0 Å². The molecule has 0 bridgehead atoms. The lowest BCUT2D eigenvalue weighted by Crippen LogP contribution is -2.39. The van der Waals surface area contributed by atoms with Crippen LogP contribution >= 0.6 is 0 Å². The number of hydrogen-bond donors (Lipinski definition) is 2. The number of aliphatic hydroxyl groups is 1. The molecule has 2 aromatic rings. The third-order valence-electron chi connectivity index (χ3n) is 5.38. The van der Waals surface area contributed by atoms with Gasteiger partial charge in [-0.05, 0) is 55.2 Å². The average molecular weight is 474 g/mol. The maximum absolute atomic E-state index is 13.0. The molecular weight excluding hydrogens is 454 g/mol. The van der Waals surface area contributed by atoms with E-state index >= 15 is 0 Å². The number of hydrogen-bond acceptors (Lipinski definition) is 3. The molecule has 0 saturated carbocycles. The minimum absolute atomic E-state index is 0.0368. The molecule has 11 heteroatoms. The molecule has 0 unspecified atom stereocenters. The van der Waals surface area contributed by atoms with Crippen LogP contribution in [0.4, 0.5) is 32.0 Å². The molecule has 1 saturated heterocycles. The molecule has 1 aliphatic heterocycles. The van der Waals surface area contributed by atoms with Crippen molar-refractivity contribution in [2.45, 2.75) is 25.2 Å². The van der Waals surface area contributed by atoms with Gasteiger partial charge in [-0.15, -0.1) is 0 Å². The highest BCUT2D eigenvalue weighted by Gasteiger charge is 2.37. The Balaban J connectivity index is 1.80. The number of nitrogens with one attached hydrogen (secondary N) is 1. The zero-order valence-electron chi connectivity index (χ0n) is 17.1. The Kier molecular flexibility index (Phi) is 7.01. The first-order valence-electron chi connectivity index (χ1n) is 9.99. The van der Waals surface area contributed by atoms with Gasteiger partial charge in [0.05, 0.1) is 11.1 Å². The van der Waals surface area contributed by atoms with Crippen LogP contribution in [0.3, 0.4) is 0 Å². The number of alkyl halides is 6. The summed E-state index contributed by atoms with van der Waals surface area (Å²) in [5.41, 5.74) is -3.77. The Morgan fingerprint density at radius 1 is 0.909 bits per heavy atom. The largest absolute Gasteiger partial charge is 0.416 e. The van der Waals surface area contributed by atoms with Gasteiger partial charge in [0.2, 0.25) is 0 Å². The maximum Gasteiger partial charge on any atom is 0.416 e. The second-order valence-corrected chi connectivity index (χ2v) is 7.75. The molecule has 0 aromatic heterocycles. The first-order valence-corrected chi connectivity index (χ1v) is 9.99. The van der Waals surface area contributed by atoms with E-state index in [2.05, 4.69) is 5.32 Å². The standard InChI is InChI=1S/C22H20F6N2O3/c23-21(24,25)16-8-15(9-17(11-16)22(26,27)28)19(32)29-18-3-1-2-14(10-18)20(33)30-6-4-13(12-31)5-7-30/h1-3,8-11,13,31H,4-7,12H2,(H,29,32). The number of carbonyl (C=O) groups excluding carboxylic acids is 2. The molecule has 2 amide bonds. The molecule has 0 radical (unpaired) electrons. The van der Waals surface area contributed by atoms with Gasteiger partial charge in [0.25, 0.3) is 11.8 Å². The van der Waals surface area contributed by atoms with Gasteiger partial charge in [0, 0.05) is 36.5 Å². The van der Waals surface area contributed by atoms with Gasteiger partial charge in [-0.25, -0.2) is 0 Å². The van der Waals surface area contributed by atoms with Crippen LogP contribution in [-0.4, -0.2) is 41.5 Å². The minimum atomic E-state index is -5.08. The number of amides is 2. The molecule has 1 fully saturated rings. The van der Waals surface area contributed by atoms with E-state index in [1.165, 1.54) is 24.3 Å². The number of nitrogens with zero attached hydrogens (tertiary/aromatic N) is 1. The predicted octanol–water partition coefficient (Wildman–Crippen LogP) is 4.82. The van der Waals surface area contributed by atoms with Crippen molar-refractivity contribution >= 4 is 17.5 Å². The van der Waals surface area contributed by atoms with E-state index in [0.717, 1.165) is 0 Å². The summed E-state index contributed by atoms with van der Waals surface area (Å²) >= 11 is 0. The SMILES string of the molecule is O=C(Nc1cccc(C(=O)N2CCC(CO)CC2)c1)c1cc(C(F)(F)F)cc(C(F)(F)F)c1. The highest BCUT2D eigenvalue weighted by Crippen LogP contribution is 2.36. The van der Waals surface area contributed by atoms with Gasteiger partial charge in [-0.3, -0.25) is 9.59 Å². The molecule has 3 rings (SSSR count). The quantitative estimate of drug-likeness (QED) is 0.625. The summed E-state index contributed by atoms with van der Waals surface area (Å²) in [7, 11) is 0. The van der Waals surface area contributed by atoms with E-state index < -0.39 is 35.0 Å². The molecule has 0 atom stereocenters. The van der Waals surface area contributed by atoms with E-state index in [1.54, 1.807) is 4.90 Å². The number of carbonyl (C=O) groups is 2. The van der Waals surface area contributed by atoms with Gasteiger partial charge in [0.15, 0.2) is 0 Å². The average Bonchev–Trinajstić information content (AvgIpc) is 2.77. The van der Waals surface area contributed by atoms with Crippen molar-refractivity contribution in [1.29, 1.82) is 0 Å². The minimum Gasteiger partial charge on any atom is -0.396 e. The van der Waals surface area contributed by atoms with Gasteiger partial charge < -0.3 is 15.3 Å². The number of anilines is 1. The maximum atomic E-state index is 13.0. The van der Waals surface area contributed by atoms with E-state index in [9.17, 15) is 41.0 Å². The summed E-state index contributed by atoms with van der Waals surface area (Å²) in [5.74, 6) is -1.39. The van der Waals surface area contributed by atoms with Gasteiger partial charge in [-0.2, -0.15) is 26.3 Å². The van der Waals surface area contributed by atoms with Crippen molar-refractivity contribution in [1.82, 2.24) is 4.90 Å². The van der Waals surface area contributed by atoms with Crippen LogP contribution < -0.4 is 5.32 Å². The number of benzene rings is 2. The fourth-order valence-electron chi connectivity index (χ4n) is 3.52. The first-order chi connectivity index (χ1) is 15.4. The molecule has 0 aliphatic carbocycles. The number of aliphatic hydroxyl groups excluding tert-OH is 1. The molecule has 0 spiro atoms. The molecule has 5 nitrogen and oxygen atoms in total. The van der Waals surface area contributed by atoms with E-state index in [-0.39, 0.29) is 35.7 Å². The summed E-state index contributed by atoms with van der Waals surface area (Å²) in [4.78, 5) is 26.8. The van der Waals surface area contributed by atoms with Crippen LogP contribution in [0.2, 0.25) is 0 Å². The normalized spacial score (nSPS) is 15.4. The molecule has 2 aromatic carbocycles. The topological polar surface area (TPSA) is 69.6 Å².